The maximum Gasteiger partial charge on any atom is 0.436 e. The maximum atomic E-state index is 9.47. The standard InChI is InChI=1S/C4H9NO.C2H5NO3/c1-3-6-4-2-5-1;1-5-6-2(3)4/h5H,1-4H2;1H3,(H2,3,4). The molecule has 0 aliphatic carbocycles. The van der Waals surface area contributed by atoms with Crippen molar-refractivity contribution in [2.24, 2.45) is 5.73 Å². The van der Waals surface area contributed by atoms with E-state index in [4.69, 9.17) is 4.74 Å². The minimum Gasteiger partial charge on any atom is -0.379 e. The molecule has 0 saturated carbocycles. The zero-order valence-corrected chi connectivity index (χ0v) is 7.04. The first-order chi connectivity index (χ1) is 5.77. The van der Waals surface area contributed by atoms with Crippen LogP contribution in [0.1, 0.15) is 0 Å². The van der Waals surface area contributed by atoms with Crippen LogP contribution in [0.4, 0.5) is 4.79 Å². The van der Waals surface area contributed by atoms with Crippen LogP contribution in [-0.2, 0) is 14.5 Å². The summed E-state index contributed by atoms with van der Waals surface area (Å²) in [6.07, 6.45) is -0.933. The lowest BCUT2D eigenvalue weighted by molar-refractivity contribution is -0.210. The van der Waals surface area contributed by atoms with Crippen molar-refractivity contribution in [1.29, 1.82) is 0 Å². The first kappa shape index (κ1) is 11.2. The van der Waals surface area contributed by atoms with Crippen LogP contribution < -0.4 is 11.1 Å². The Kier molecular flexibility index (Phi) is 7.66. The molecule has 1 rings (SSSR count). The second-order valence-corrected chi connectivity index (χ2v) is 1.93. The fourth-order valence-electron chi connectivity index (χ4n) is 0.598. The molecule has 1 aliphatic heterocycles. The molecule has 72 valence electrons. The Labute approximate surface area is 70.9 Å². The Morgan fingerprint density at radius 1 is 1.50 bits per heavy atom. The van der Waals surface area contributed by atoms with E-state index in [1.165, 1.54) is 7.11 Å². The molecule has 0 aromatic rings. The van der Waals surface area contributed by atoms with E-state index in [0.29, 0.717) is 0 Å². The summed E-state index contributed by atoms with van der Waals surface area (Å²) in [6.45, 7) is 3.83. The topological polar surface area (TPSA) is 82.8 Å². The summed E-state index contributed by atoms with van der Waals surface area (Å²) in [4.78, 5) is 17.0. The van der Waals surface area contributed by atoms with Gasteiger partial charge in [-0.15, -0.1) is 0 Å². The lowest BCUT2D eigenvalue weighted by atomic mass is 10.5. The molecule has 0 atom stereocenters. The molecule has 0 aromatic carbocycles. The summed E-state index contributed by atoms with van der Waals surface area (Å²) in [5.74, 6) is 0. The van der Waals surface area contributed by atoms with Crippen molar-refractivity contribution in [2.75, 3.05) is 33.4 Å². The average Bonchev–Trinajstić information content (AvgIpc) is 2.08. The van der Waals surface area contributed by atoms with Gasteiger partial charge in [-0.1, -0.05) is 0 Å². The number of primary amides is 1. The molecule has 1 fully saturated rings. The number of rotatable bonds is 1. The number of amides is 1. The van der Waals surface area contributed by atoms with Gasteiger partial charge in [-0.25, -0.2) is 4.79 Å². The lowest BCUT2D eigenvalue weighted by Gasteiger charge is -2.10. The second-order valence-electron chi connectivity index (χ2n) is 1.93. The molecular weight excluding hydrogens is 164 g/mol. The van der Waals surface area contributed by atoms with Gasteiger partial charge in [0.1, 0.15) is 0 Å². The van der Waals surface area contributed by atoms with Crippen LogP contribution in [0.2, 0.25) is 0 Å². The third-order valence-corrected chi connectivity index (χ3v) is 1.01. The highest BCUT2D eigenvalue weighted by atomic mass is 17.2. The normalized spacial score (nSPS) is 15.8. The van der Waals surface area contributed by atoms with Gasteiger partial charge in [0.25, 0.3) is 0 Å². The van der Waals surface area contributed by atoms with Crippen LogP contribution in [0.25, 0.3) is 0 Å². The van der Waals surface area contributed by atoms with Gasteiger partial charge in [0, 0.05) is 13.1 Å². The fourth-order valence-corrected chi connectivity index (χ4v) is 0.598. The van der Waals surface area contributed by atoms with E-state index in [1.54, 1.807) is 0 Å². The number of carbonyl (C=O) groups is 1. The van der Waals surface area contributed by atoms with Gasteiger partial charge in [0.15, 0.2) is 0 Å². The third-order valence-electron chi connectivity index (χ3n) is 1.01. The van der Waals surface area contributed by atoms with Crippen molar-refractivity contribution < 1.29 is 19.3 Å². The molecule has 1 amide bonds. The Bertz CT molecular complexity index is 105. The van der Waals surface area contributed by atoms with Crippen molar-refractivity contribution in [1.82, 2.24) is 5.32 Å². The predicted molar refractivity (Wildman–Crippen MR) is 41.4 cm³/mol. The van der Waals surface area contributed by atoms with E-state index in [-0.39, 0.29) is 0 Å². The van der Waals surface area contributed by atoms with Crippen molar-refractivity contribution in [3.8, 4) is 0 Å². The van der Waals surface area contributed by atoms with Crippen molar-refractivity contribution in [3.63, 3.8) is 0 Å². The molecule has 0 radical (unpaired) electrons. The van der Waals surface area contributed by atoms with E-state index in [9.17, 15) is 4.79 Å². The monoisotopic (exact) mass is 178 g/mol. The molecule has 6 nitrogen and oxygen atoms in total. The number of hydrogen-bond acceptors (Lipinski definition) is 5. The molecule has 0 spiro atoms. The molecular formula is C6H14N2O4. The summed E-state index contributed by atoms with van der Waals surface area (Å²) >= 11 is 0. The Hall–Kier alpha value is -0.850. The maximum absolute atomic E-state index is 9.47. The van der Waals surface area contributed by atoms with E-state index >= 15 is 0 Å². The third kappa shape index (κ3) is 9.15. The molecule has 1 heterocycles. The first-order valence-electron chi connectivity index (χ1n) is 3.56. The van der Waals surface area contributed by atoms with E-state index in [1.807, 2.05) is 0 Å². The van der Waals surface area contributed by atoms with E-state index in [2.05, 4.69) is 20.8 Å². The molecule has 0 unspecified atom stereocenters. The number of ether oxygens (including phenoxy) is 1. The average molecular weight is 178 g/mol. The summed E-state index contributed by atoms with van der Waals surface area (Å²) < 4.78 is 5.01. The zero-order chi connectivity index (χ0) is 9.23. The van der Waals surface area contributed by atoms with Crippen molar-refractivity contribution in [3.05, 3.63) is 0 Å². The minimum atomic E-state index is -0.933. The van der Waals surface area contributed by atoms with Gasteiger partial charge in [-0.3, -0.25) is 4.89 Å². The van der Waals surface area contributed by atoms with Gasteiger partial charge < -0.3 is 15.8 Å². The molecule has 6 heteroatoms. The number of hydrogen-bond donors (Lipinski definition) is 2. The van der Waals surface area contributed by atoms with Crippen LogP contribution in [0.3, 0.4) is 0 Å². The molecule has 3 N–H and O–H groups in total. The smallest absolute Gasteiger partial charge is 0.379 e. The highest BCUT2D eigenvalue weighted by Crippen LogP contribution is 1.76. The summed E-state index contributed by atoms with van der Waals surface area (Å²) in [7, 11) is 1.20. The van der Waals surface area contributed by atoms with Gasteiger partial charge in [-0.05, 0) is 0 Å². The molecule has 0 aromatic heterocycles. The Balaban J connectivity index is 0.000000202. The Morgan fingerprint density at radius 3 is 2.17 bits per heavy atom. The van der Waals surface area contributed by atoms with Gasteiger partial charge in [-0.2, -0.15) is 4.89 Å². The number of carbonyl (C=O) groups excluding carboxylic acids is 1. The lowest BCUT2D eigenvalue weighted by Crippen LogP contribution is -2.30. The molecule has 0 bridgehead atoms. The van der Waals surface area contributed by atoms with Crippen LogP contribution in [0.15, 0.2) is 0 Å². The van der Waals surface area contributed by atoms with Crippen LogP contribution in [0.5, 0.6) is 0 Å². The number of morpholine rings is 1. The quantitative estimate of drug-likeness (QED) is 0.407. The second kappa shape index (κ2) is 8.25. The SMILES string of the molecule is C1COCCN1.COOC(N)=O. The van der Waals surface area contributed by atoms with Gasteiger partial charge in [0.05, 0.1) is 20.3 Å². The van der Waals surface area contributed by atoms with Crippen LogP contribution in [0, 0.1) is 0 Å². The zero-order valence-electron chi connectivity index (χ0n) is 7.04. The van der Waals surface area contributed by atoms with Crippen LogP contribution >= 0.6 is 0 Å². The van der Waals surface area contributed by atoms with Crippen LogP contribution in [-0.4, -0.2) is 39.5 Å². The van der Waals surface area contributed by atoms with Gasteiger partial charge >= 0.3 is 6.09 Å². The van der Waals surface area contributed by atoms with E-state index < -0.39 is 6.09 Å². The molecule has 1 saturated heterocycles. The van der Waals surface area contributed by atoms with Gasteiger partial charge in [0.2, 0.25) is 0 Å². The van der Waals surface area contributed by atoms with E-state index in [0.717, 1.165) is 26.3 Å². The largest absolute Gasteiger partial charge is 0.436 e. The van der Waals surface area contributed by atoms with Crippen molar-refractivity contribution >= 4 is 6.09 Å². The number of nitrogens with two attached hydrogens (primary N) is 1. The molecule has 1 aliphatic rings. The predicted octanol–water partition coefficient (Wildman–Crippen LogP) is -0.751. The first-order valence-corrected chi connectivity index (χ1v) is 3.56. The highest BCUT2D eigenvalue weighted by Gasteiger charge is 1.92. The van der Waals surface area contributed by atoms with Crippen molar-refractivity contribution in [2.45, 2.75) is 0 Å². The Morgan fingerprint density at radius 2 is 2.08 bits per heavy atom. The highest BCUT2D eigenvalue weighted by molar-refractivity contribution is 5.63. The summed E-state index contributed by atoms with van der Waals surface area (Å²) in [5, 5.41) is 3.16. The minimum absolute atomic E-state index is 0.889. The molecule has 12 heavy (non-hydrogen) atoms. The fraction of sp³-hybridized carbons (Fsp3) is 0.833. The summed E-state index contributed by atoms with van der Waals surface area (Å²) in [5.41, 5.74) is 4.42. The summed E-state index contributed by atoms with van der Waals surface area (Å²) in [6, 6.07) is 0. The number of nitrogens with one attached hydrogen (secondary N) is 1.